The summed E-state index contributed by atoms with van der Waals surface area (Å²) in [7, 11) is 3.78. The molecule has 1 aliphatic heterocycles. The fraction of sp³-hybridized carbons (Fsp3) is 0.382. The summed E-state index contributed by atoms with van der Waals surface area (Å²) in [6.45, 7) is 2.95. The topological polar surface area (TPSA) is 122 Å². The molecular formula is C34H40F2N4O5. The number of rotatable bonds is 10. The first-order chi connectivity index (χ1) is 21.1. The number of phenols is 1. The van der Waals surface area contributed by atoms with E-state index in [-0.39, 0.29) is 24.3 Å². The number of nitrogens with zero attached hydrogens (tertiary/aromatic N) is 2. The Hall–Kier alpha value is -4.51. The molecule has 0 spiro atoms. The SMILES string of the molecule is Cc1c(O)cccc1C(=O)NC(Cc1ccccc1)C(O)C(=O)N1CC(F)(F)C(C)(C)C1C(=O)NCc1ccc(N(C)C)cc1. The minimum absolute atomic E-state index is 0.00914. The average molecular weight is 623 g/mol. The van der Waals surface area contributed by atoms with Crippen LogP contribution in [-0.2, 0) is 22.6 Å². The van der Waals surface area contributed by atoms with Crippen LogP contribution in [0, 0.1) is 12.3 Å². The summed E-state index contributed by atoms with van der Waals surface area (Å²) in [5.41, 5.74) is 0.814. The van der Waals surface area contributed by atoms with Gasteiger partial charge in [0.2, 0.25) is 5.91 Å². The molecule has 1 aliphatic rings. The summed E-state index contributed by atoms with van der Waals surface area (Å²) in [5, 5.41) is 26.8. The third kappa shape index (κ3) is 7.09. The Kier molecular flexibility index (Phi) is 9.82. The van der Waals surface area contributed by atoms with Crippen LogP contribution in [0.25, 0.3) is 0 Å². The van der Waals surface area contributed by atoms with Gasteiger partial charge in [-0.2, -0.15) is 0 Å². The van der Waals surface area contributed by atoms with Crippen molar-refractivity contribution in [1.29, 1.82) is 0 Å². The highest BCUT2D eigenvalue weighted by Gasteiger charge is 2.64. The predicted molar refractivity (Wildman–Crippen MR) is 167 cm³/mol. The molecule has 1 heterocycles. The maximum absolute atomic E-state index is 15.4. The Labute approximate surface area is 261 Å². The highest BCUT2D eigenvalue weighted by molar-refractivity contribution is 5.97. The van der Waals surface area contributed by atoms with Gasteiger partial charge in [0.1, 0.15) is 11.8 Å². The summed E-state index contributed by atoms with van der Waals surface area (Å²) < 4.78 is 30.8. The first-order valence-electron chi connectivity index (χ1n) is 14.7. The highest BCUT2D eigenvalue weighted by atomic mass is 19.3. The van der Waals surface area contributed by atoms with Crippen LogP contribution in [0.4, 0.5) is 14.5 Å². The second-order valence-electron chi connectivity index (χ2n) is 12.2. The molecule has 3 amide bonds. The molecule has 45 heavy (non-hydrogen) atoms. The molecule has 4 N–H and O–H groups in total. The largest absolute Gasteiger partial charge is 0.508 e. The monoisotopic (exact) mass is 622 g/mol. The Morgan fingerprint density at radius 3 is 2.24 bits per heavy atom. The summed E-state index contributed by atoms with van der Waals surface area (Å²) in [6, 6.07) is 17.6. The van der Waals surface area contributed by atoms with E-state index in [0.29, 0.717) is 11.1 Å². The predicted octanol–water partition coefficient (Wildman–Crippen LogP) is 3.66. The summed E-state index contributed by atoms with van der Waals surface area (Å²) in [4.78, 5) is 43.3. The van der Waals surface area contributed by atoms with Crippen molar-refractivity contribution in [2.75, 3.05) is 25.5 Å². The van der Waals surface area contributed by atoms with E-state index in [1.165, 1.54) is 32.0 Å². The number of hydrogen-bond donors (Lipinski definition) is 4. The number of aromatic hydroxyl groups is 1. The van der Waals surface area contributed by atoms with Crippen LogP contribution in [-0.4, -0.2) is 77.6 Å². The summed E-state index contributed by atoms with van der Waals surface area (Å²) in [5.74, 6) is -6.12. The third-order valence-corrected chi connectivity index (χ3v) is 8.56. The summed E-state index contributed by atoms with van der Waals surface area (Å²) >= 11 is 0. The minimum atomic E-state index is -3.45. The minimum Gasteiger partial charge on any atom is -0.508 e. The number of carbonyl (C=O) groups excluding carboxylic acids is 3. The number of aliphatic hydroxyl groups is 1. The van der Waals surface area contributed by atoms with Gasteiger partial charge in [0, 0.05) is 37.5 Å². The van der Waals surface area contributed by atoms with E-state index in [1.807, 2.05) is 43.3 Å². The van der Waals surface area contributed by atoms with E-state index in [0.717, 1.165) is 16.2 Å². The molecule has 3 atom stereocenters. The lowest BCUT2D eigenvalue weighted by atomic mass is 9.81. The maximum atomic E-state index is 15.4. The maximum Gasteiger partial charge on any atom is 0.272 e. The highest BCUT2D eigenvalue weighted by Crippen LogP contribution is 2.48. The molecule has 3 aromatic rings. The van der Waals surface area contributed by atoms with Crippen LogP contribution >= 0.6 is 0 Å². The number of amides is 3. The Morgan fingerprint density at radius 2 is 1.62 bits per heavy atom. The standard InChI is InChI=1S/C34H40F2N4O5/c1-21-25(12-9-13-27(21)41)30(43)38-26(18-22-10-7-6-8-11-22)28(42)32(45)40-20-34(35,36)33(2,3)29(40)31(44)37-19-23-14-16-24(17-15-23)39(4)5/h6-17,26,28-29,41-42H,18-20H2,1-5H3,(H,37,44)(H,38,43). The molecule has 3 aromatic carbocycles. The fourth-order valence-electron chi connectivity index (χ4n) is 5.54. The van der Waals surface area contributed by atoms with Crippen molar-refractivity contribution in [3.63, 3.8) is 0 Å². The van der Waals surface area contributed by atoms with Gasteiger partial charge < -0.3 is 30.6 Å². The van der Waals surface area contributed by atoms with Crippen molar-refractivity contribution in [3.8, 4) is 5.75 Å². The van der Waals surface area contributed by atoms with Crippen molar-refractivity contribution in [1.82, 2.24) is 15.5 Å². The molecule has 0 aliphatic carbocycles. The zero-order valence-electron chi connectivity index (χ0n) is 26.1. The number of anilines is 1. The lowest BCUT2D eigenvalue weighted by Gasteiger charge is -2.34. The van der Waals surface area contributed by atoms with Gasteiger partial charge in [-0.25, -0.2) is 8.78 Å². The number of hydrogen-bond acceptors (Lipinski definition) is 6. The van der Waals surface area contributed by atoms with E-state index >= 15 is 8.78 Å². The van der Waals surface area contributed by atoms with Crippen molar-refractivity contribution in [2.45, 2.75) is 57.8 Å². The molecule has 0 radical (unpaired) electrons. The van der Waals surface area contributed by atoms with Gasteiger partial charge in [-0.1, -0.05) is 62.4 Å². The number of carbonyl (C=O) groups is 3. The molecule has 9 nitrogen and oxygen atoms in total. The quantitative estimate of drug-likeness (QED) is 0.274. The molecule has 0 aromatic heterocycles. The smallest absolute Gasteiger partial charge is 0.272 e. The zero-order valence-corrected chi connectivity index (χ0v) is 26.1. The van der Waals surface area contributed by atoms with Gasteiger partial charge in [-0.05, 0) is 48.7 Å². The molecule has 4 rings (SSSR count). The van der Waals surface area contributed by atoms with Crippen LogP contribution in [0.3, 0.4) is 0 Å². The third-order valence-electron chi connectivity index (χ3n) is 8.56. The number of benzene rings is 3. The van der Waals surface area contributed by atoms with Crippen molar-refractivity contribution in [2.24, 2.45) is 5.41 Å². The van der Waals surface area contributed by atoms with Crippen molar-refractivity contribution < 1.29 is 33.4 Å². The molecule has 240 valence electrons. The number of alkyl halides is 2. The molecule has 11 heteroatoms. The van der Waals surface area contributed by atoms with Gasteiger partial charge in [-0.15, -0.1) is 0 Å². The van der Waals surface area contributed by atoms with Gasteiger partial charge in [-0.3, -0.25) is 14.4 Å². The van der Waals surface area contributed by atoms with Crippen LogP contribution in [0.2, 0.25) is 0 Å². The average Bonchev–Trinajstić information content (AvgIpc) is 3.19. The van der Waals surface area contributed by atoms with Crippen LogP contribution < -0.4 is 15.5 Å². The Balaban J connectivity index is 1.59. The zero-order chi connectivity index (χ0) is 33.1. The second-order valence-corrected chi connectivity index (χ2v) is 12.2. The van der Waals surface area contributed by atoms with Crippen LogP contribution in [0.15, 0.2) is 72.8 Å². The van der Waals surface area contributed by atoms with E-state index in [4.69, 9.17) is 0 Å². The van der Waals surface area contributed by atoms with E-state index < -0.39 is 53.8 Å². The number of halogens is 2. The Bertz CT molecular complexity index is 1530. The molecule has 0 bridgehead atoms. The number of phenolic OH excluding ortho intramolecular Hbond substituents is 1. The lowest BCUT2D eigenvalue weighted by molar-refractivity contribution is -0.148. The number of likely N-dealkylation sites (tertiary alicyclic amines) is 1. The molecule has 1 fully saturated rings. The summed E-state index contributed by atoms with van der Waals surface area (Å²) in [6.07, 6.45) is -1.98. The lowest BCUT2D eigenvalue weighted by Crippen LogP contribution is -2.57. The Morgan fingerprint density at radius 1 is 0.978 bits per heavy atom. The second kappa shape index (κ2) is 13.2. The van der Waals surface area contributed by atoms with Gasteiger partial charge in [0.15, 0.2) is 6.10 Å². The number of nitrogens with one attached hydrogen (secondary N) is 2. The van der Waals surface area contributed by atoms with Crippen LogP contribution in [0.1, 0.15) is 40.9 Å². The van der Waals surface area contributed by atoms with Gasteiger partial charge in [0.25, 0.3) is 17.7 Å². The van der Waals surface area contributed by atoms with E-state index in [9.17, 15) is 24.6 Å². The van der Waals surface area contributed by atoms with E-state index in [2.05, 4.69) is 10.6 Å². The fourth-order valence-corrected chi connectivity index (χ4v) is 5.54. The van der Waals surface area contributed by atoms with Gasteiger partial charge >= 0.3 is 0 Å². The van der Waals surface area contributed by atoms with Crippen molar-refractivity contribution in [3.05, 3.63) is 95.1 Å². The molecular weight excluding hydrogens is 582 g/mol. The van der Waals surface area contributed by atoms with Crippen LogP contribution in [0.5, 0.6) is 5.75 Å². The van der Waals surface area contributed by atoms with Crippen molar-refractivity contribution >= 4 is 23.4 Å². The molecule has 0 saturated carbocycles. The van der Waals surface area contributed by atoms with Gasteiger partial charge in [0.05, 0.1) is 18.0 Å². The first-order valence-corrected chi connectivity index (χ1v) is 14.7. The normalized spacial score (nSPS) is 18.1. The molecule has 1 saturated heterocycles. The first kappa shape index (κ1) is 33.4. The number of aliphatic hydroxyl groups excluding tert-OH is 1. The van der Waals surface area contributed by atoms with E-state index in [1.54, 1.807) is 37.3 Å². The molecule has 3 unspecified atom stereocenters.